The minimum absolute atomic E-state index is 0.168. The number of fused-ring (bicyclic) bond motifs is 1. The van der Waals surface area contributed by atoms with E-state index in [1.807, 2.05) is 25.1 Å². The number of rotatable bonds is 3. The number of halogens is 1. The Kier molecular flexibility index (Phi) is 4.61. The van der Waals surface area contributed by atoms with Gasteiger partial charge in [0.05, 0.1) is 16.2 Å². The summed E-state index contributed by atoms with van der Waals surface area (Å²) in [6.45, 7) is 6.49. The van der Waals surface area contributed by atoms with Gasteiger partial charge in [0.25, 0.3) is 11.8 Å². The number of benzene rings is 1. The standard InChI is InChI=1S/C16H13IN2O2S2/c1-3-7-19-11-6-5-9(17)8-10(11)12(14(19)20)13-15(21)18(4-2)16(22)23-13/h3,5-6,8H,1,4,7H2,2H3/b13-12-. The van der Waals surface area contributed by atoms with Gasteiger partial charge in [-0.3, -0.25) is 14.5 Å². The lowest BCUT2D eigenvalue weighted by Crippen LogP contribution is -2.29. The summed E-state index contributed by atoms with van der Waals surface area (Å²) < 4.78 is 1.51. The van der Waals surface area contributed by atoms with Crippen LogP contribution in [0.2, 0.25) is 0 Å². The summed E-state index contributed by atoms with van der Waals surface area (Å²) in [4.78, 5) is 29.1. The van der Waals surface area contributed by atoms with Crippen molar-refractivity contribution in [2.24, 2.45) is 0 Å². The lowest BCUT2D eigenvalue weighted by Gasteiger charge is -2.14. The first-order chi connectivity index (χ1) is 11.0. The number of likely N-dealkylation sites (N-methyl/N-ethyl adjacent to an activating group) is 1. The van der Waals surface area contributed by atoms with Crippen LogP contribution in [0.5, 0.6) is 0 Å². The molecule has 23 heavy (non-hydrogen) atoms. The van der Waals surface area contributed by atoms with E-state index in [1.54, 1.807) is 11.0 Å². The molecule has 1 aromatic rings. The van der Waals surface area contributed by atoms with Crippen LogP contribution in [-0.4, -0.2) is 34.1 Å². The number of anilines is 1. The Morgan fingerprint density at radius 1 is 1.30 bits per heavy atom. The van der Waals surface area contributed by atoms with Gasteiger partial charge in [-0.2, -0.15) is 0 Å². The highest BCUT2D eigenvalue weighted by Gasteiger charge is 2.41. The average molecular weight is 456 g/mol. The quantitative estimate of drug-likeness (QED) is 0.303. The van der Waals surface area contributed by atoms with Gasteiger partial charge in [-0.25, -0.2) is 0 Å². The van der Waals surface area contributed by atoms with Crippen molar-refractivity contribution < 1.29 is 9.59 Å². The van der Waals surface area contributed by atoms with Crippen LogP contribution < -0.4 is 4.90 Å². The summed E-state index contributed by atoms with van der Waals surface area (Å²) in [7, 11) is 0. The van der Waals surface area contributed by atoms with Crippen molar-refractivity contribution in [3.05, 3.63) is 44.9 Å². The topological polar surface area (TPSA) is 40.6 Å². The van der Waals surface area contributed by atoms with Gasteiger partial charge in [0.2, 0.25) is 0 Å². The highest BCUT2D eigenvalue weighted by Crippen LogP contribution is 2.44. The first kappa shape index (κ1) is 16.7. The zero-order valence-electron chi connectivity index (χ0n) is 12.3. The van der Waals surface area contributed by atoms with E-state index in [-0.39, 0.29) is 11.8 Å². The number of amides is 2. The average Bonchev–Trinajstić information content (AvgIpc) is 2.93. The summed E-state index contributed by atoms with van der Waals surface area (Å²) in [6.07, 6.45) is 1.68. The number of nitrogens with zero attached hydrogens (tertiary/aromatic N) is 2. The van der Waals surface area contributed by atoms with Crippen molar-refractivity contribution in [2.45, 2.75) is 6.92 Å². The Labute approximate surface area is 157 Å². The third kappa shape index (κ3) is 2.64. The van der Waals surface area contributed by atoms with Crippen molar-refractivity contribution in [1.82, 2.24) is 4.90 Å². The largest absolute Gasteiger partial charge is 0.304 e. The summed E-state index contributed by atoms with van der Waals surface area (Å²) in [5.41, 5.74) is 2.06. The maximum Gasteiger partial charge on any atom is 0.266 e. The highest BCUT2D eigenvalue weighted by atomic mass is 127. The lowest BCUT2D eigenvalue weighted by molar-refractivity contribution is -0.122. The fourth-order valence-corrected chi connectivity index (χ4v) is 4.60. The Morgan fingerprint density at radius 3 is 2.65 bits per heavy atom. The summed E-state index contributed by atoms with van der Waals surface area (Å²) in [6, 6.07) is 5.79. The number of carbonyl (C=O) groups excluding carboxylic acids is 2. The minimum Gasteiger partial charge on any atom is -0.304 e. The molecule has 4 nitrogen and oxygen atoms in total. The van der Waals surface area contributed by atoms with Crippen LogP contribution in [0.15, 0.2) is 35.8 Å². The summed E-state index contributed by atoms with van der Waals surface area (Å²) in [5.74, 6) is -0.352. The van der Waals surface area contributed by atoms with E-state index in [0.717, 1.165) is 14.8 Å². The highest BCUT2D eigenvalue weighted by molar-refractivity contribution is 14.1. The molecule has 7 heteroatoms. The molecular formula is C16H13IN2O2S2. The van der Waals surface area contributed by atoms with Crippen molar-refractivity contribution in [3.63, 3.8) is 0 Å². The van der Waals surface area contributed by atoms with E-state index in [9.17, 15) is 9.59 Å². The number of thiocarbonyl (C=S) groups is 1. The second-order valence-electron chi connectivity index (χ2n) is 4.99. The maximum absolute atomic E-state index is 12.9. The third-order valence-electron chi connectivity index (χ3n) is 3.68. The van der Waals surface area contributed by atoms with Crippen LogP contribution in [-0.2, 0) is 9.59 Å². The first-order valence-electron chi connectivity index (χ1n) is 7.00. The monoisotopic (exact) mass is 456 g/mol. The van der Waals surface area contributed by atoms with Gasteiger partial charge in [0, 0.05) is 22.2 Å². The first-order valence-corrected chi connectivity index (χ1v) is 9.30. The summed E-state index contributed by atoms with van der Waals surface area (Å²) >= 11 is 8.68. The van der Waals surface area contributed by atoms with Gasteiger partial charge in [0.15, 0.2) is 0 Å². The van der Waals surface area contributed by atoms with E-state index in [2.05, 4.69) is 29.2 Å². The molecule has 0 bridgehead atoms. The Balaban J connectivity index is 2.21. The predicted octanol–water partition coefficient (Wildman–Crippen LogP) is 3.42. The van der Waals surface area contributed by atoms with Gasteiger partial charge >= 0.3 is 0 Å². The molecule has 0 radical (unpaired) electrons. The molecule has 1 fully saturated rings. The minimum atomic E-state index is -0.184. The SMILES string of the molecule is C=CCN1C(=O)/C(=C2\SC(=S)N(CC)C2=O)c2cc(I)ccc21. The molecule has 0 aromatic heterocycles. The smallest absolute Gasteiger partial charge is 0.266 e. The van der Waals surface area contributed by atoms with Gasteiger partial charge in [-0.15, -0.1) is 6.58 Å². The molecular weight excluding hydrogens is 443 g/mol. The number of thioether (sulfide) groups is 1. The van der Waals surface area contributed by atoms with Crippen LogP contribution >= 0.6 is 46.6 Å². The Hall–Kier alpha value is -1.19. The van der Waals surface area contributed by atoms with Crippen molar-refractivity contribution in [2.75, 3.05) is 18.0 Å². The Morgan fingerprint density at radius 2 is 2.04 bits per heavy atom. The fraction of sp³-hybridized carbons (Fsp3) is 0.188. The van der Waals surface area contributed by atoms with Gasteiger partial charge in [-0.1, -0.05) is 30.1 Å². The van der Waals surface area contributed by atoms with Crippen molar-refractivity contribution in [3.8, 4) is 0 Å². The molecule has 0 unspecified atom stereocenters. The van der Waals surface area contributed by atoms with Crippen molar-refractivity contribution >= 4 is 74.0 Å². The molecule has 2 heterocycles. The van der Waals surface area contributed by atoms with E-state index in [1.165, 1.54) is 16.7 Å². The van der Waals surface area contributed by atoms with E-state index >= 15 is 0 Å². The molecule has 0 N–H and O–H groups in total. The second-order valence-corrected chi connectivity index (χ2v) is 7.88. The van der Waals surface area contributed by atoms with E-state index in [0.29, 0.717) is 27.9 Å². The van der Waals surface area contributed by atoms with E-state index < -0.39 is 0 Å². The van der Waals surface area contributed by atoms with Gasteiger partial charge in [0.1, 0.15) is 4.32 Å². The maximum atomic E-state index is 12.9. The van der Waals surface area contributed by atoms with Gasteiger partial charge in [-0.05, 0) is 47.7 Å². The van der Waals surface area contributed by atoms with Crippen LogP contribution in [0.25, 0.3) is 5.57 Å². The zero-order valence-corrected chi connectivity index (χ0v) is 16.1. The Bertz CT molecular complexity index is 788. The molecule has 118 valence electrons. The number of carbonyl (C=O) groups is 2. The van der Waals surface area contributed by atoms with Crippen LogP contribution in [0, 0.1) is 3.57 Å². The molecule has 1 aromatic carbocycles. The molecule has 2 aliphatic heterocycles. The molecule has 2 aliphatic rings. The molecule has 0 atom stereocenters. The summed E-state index contributed by atoms with van der Waals surface area (Å²) in [5, 5.41) is 0. The van der Waals surface area contributed by atoms with Crippen molar-refractivity contribution in [1.29, 1.82) is 0 Å². The molecule has 2 amide bonds. The van der Waals surface area contributed by atoms with E-state index in [4.69, 9.17) is 12.2 Å². The second kappa shape index (κ2) is 6.37. The molecule has 0 spiro atoms. The van der Waals surface area contributed by atoms with Crippen LogP contribution in [0.1, 0.15) is 12.5 Å². The third-order valence-corrected chi connectivity index (χ3v) is 5.80. The number of hydrogen-bond acceptors (Lipinski definition) is 4. The zero-order chi connectivity index (χ0) is 16.7. The molecule has 1 saturated heterocycles. The van der Waals surface area contributed by atoms with Crippen LogP contribution in [0.4, 0.5) is 5.69 Å². The normalized spacial score (nSPS) is 20.5. The molecule has 0 aliphatic carbocycles. The number of hydrogen-bond donors (Lipinski definition) is 0. The molecule has 3 rings (SSSR count). The van der Waals surface area contributed by atoms with Gasteiger partial charge < -0.3 is 4.90 Å². The molecule has 0 saturated carbocycles. The fourth-order valence-electron chi connectivity index (χ4n) is 2.66. The predicted molar refractivity (Wildman–Crippen MR) is 106 cm³/mol. The lowest BCUT2D eigenvalue weighted by atomic mass is 10.1. The van der Waals surface area contributed by atoms with Crippen LogP contribution in [0.3, 0.4) is 0 Å².